The molecule has 0 aliphatic carbocycles. The zero-order valence-electron chi connectivity index (χ0n) is 37.2. The molecule has 0 rings (SSSR count). The van der Waals surface area contributed by atoms with Crippen molar-refractivity contribution in [1.82, 2.24) is 0 Å². The van der Waals surface area contributed by atoms with Crippen LogP contribution in [0.1, 0.15) is 219 Å². The second-order valence-corrected chi connectivity index (χ2v) is 18.6. The molecule has 328 valence electrons. The van der Waals surface area contributed by atoms with Crippen LogP contribution in [0.2, 0.25) is 0 Å². The lowest BCUT2D eigenvalue weighted by Gasteiger charge is -2.24. The van der Waals surface area contributed by atoms with E-state index in [2.05, 4.69) is 26.0 Å². The highest BCUT2D eigenvalue weighted by Crippen LogP contribution is 2.43. The lowest BCUT2D eigenvalue weighted by atomic mass is 10.0. The normalized spacial score (nSPS) is 13.8. The van der Waals surface area contributed by atoms with Crippen LogP contribution in [0, 0.1) is 0 Å². The summed E-state index contributed by atoms with van der Waals surface area (Å²) in [6.45, 7) is 5.64. The van der Waals surface area contributed by atoms with Gasteiger partial charge in [0.05, 0.1) is 34.4 Å². The number of quaternary nitrogens is 1. The number of allylic oxidation sites excluding steroid dienone is 2. The third kappa shape index (κ3) is 44.2. The van der Waals surface area contributed by atoms with Gasteiger partial charge in [0, 0.05) is 13.0 Å². The number of nitrogens with zero attached hydrogens (tertiary/aromatic N) is 1. The Kier molecular flexibility index (Phi) is 39.5. The fraction of sp³-hybridized carbons (Fsp3) is 0.935. The van der Waals surface area contributed by atoms with Crippen LogP contribution in [-0.2, 0) is 27.9 Å². The van der Waals surface area contributed by atoms with E-state index in [4.69, 9.17) is 18.5 Å². The third-order valence-electron chi connectivity index (χ3n) is 10.3. The van der Waals surface area contributed by atoms with E-state index in [0.717, 1.165) is 32.1 Å². The zero-order valence-corrected chi connectivity index (χ0v) is 38.1. The molecule has 8 nitrogen and oxygen atoms in total. The molecule has 0 aliphatic heterocycles. The molecular formula is C46H93NO7P+. The summed E-state index contributed by atoms with van der Waals surface area (Å²) in [4.78, 5) is 22.8. The van der Waals surface area contributed by atoms with Crippen molar-refractivity contribution in [2.45, 2.75) is 225 Å². The number of esters is 1. The van der Waals surface area contributed by atoms with E-state index in [9.17, 15) is 14.3 Å². The lowest BCUT2D eigenvalue weighted by Crippen LogP contribution is -2.37. The van der Waals surface area contributed by atoms with Crippen LogP contribution in [-0.4, -0.2) is 75.6 Å². The molecule has 1 N–H and O–H groups in total. The number of carbonyl (C=O) groups is 1. The minimum atomic E-state index is -4.26. The van der Waals surface area contributed by atoms with E-state index >= 15 is 0 Å². The van der Waals surface area contributed by atoms with Gasteiger partial charge in [-0.3, -0.25) is 13.8 Å². The summed E-state index contributed by atoms with van der Waals surface area (Å²) in [7, 11) is 1.68. The Hall–Kier alpha value is -0.760. The van der Waals surface area contributed by atoms with Crippen LogP contribution in [0.5, 0.6) is 0 Å². The molecule has 0 fully saturated rings. The van der Waals surface area contributed by atoms with E-state index in [1.165, 1.54) is 167 Å². The summed E-state index contributed by atoms with van der Waals surface area (Å²) >= 11 is 0. The van der Waals surface area contributed by atoms with Crippen molar-refractivity contribution in [3.8, 4) is 0 Å². The van der Waals surface area contributed by atoms with Crippen molar-refractivity contribution in [3.63, 3.8) is 0 Å². The molecule has 0 saturated heterocycles. The Morgan fingerprint density at radius 1 is 0.545 bits per heavy atom. The summed E-state index contributed by atoms with van der Waals surface area (Å²) in [5, 5.41) is 0. The number of hydrogen-bond donors (Lipinski definition) is 1. The van der Waals surface area contributed by atoms with Gasteiger partial charge in [0.2, 0.25) is 0 Å². The first-order chi connectivity index (χ1) is 26.6. The van der Waals surface area contributed by atoms with Crippen LogP contribution in [0.25, 0.3) is 0 Å². The van der Waals surface area contributed by atoms with Crippen molar-refractivity contribution < 1.29 is 37.3 Å². The molecule has 0 amide bonds. The maximum atomic E-state index is 12.6. The van der Waals surface area contributed by atoms with Gasteiger partial charge in [-0.15, -0.1) is 0 Å². The smallest absolute Gasteiger partial charge is 0.457 e. The Morgan fingerprint density at radius 2 is 0.945 bits per heavy atom. The number of phosphoric ester groups is 1. The van der Waals surface area contributed by atoms with Gasteiger partial charge in [-0.2, -0.15) is 0 Å². The summed E-state index contributed by atoms with van der Waals surface area (Å²) in [5.41, 5.74) is 0. The number of rotatable bonds is 44. The molecule has 0 radical (unpaired) electrons. The largest absolute Gasteiger partial charge is 0.472 e. The molecule has 2 unspecified atom stereocenters. The van der Waals surface area contributed by atoms with Crippen LogP contribution in [0.15, 0.2) is 12.2 Å². The summed E-state index contributed by atoms with van der Waals surface area (Å²) in [5.74, 6) is -0.314. The van der Waals surface area contributed by atoms with E-state index in [-0.39, 0.29) is 25.8 Å². The minimum Gasteiger partial charge on any atom is -0.457 e. The van der Waals surface area contributed by atoms with Crippen LogP contribution in [0.4, 0.5) is 0 Å². The van der Waals surface area contributed by atoms with E-state index < -0.39 is 13.9 Å². The van der Waals surface area contributed by atoms with E-state index in [0.29, 0.717) is 24.1 Å². The SMILES string of the molecule is CCCCCCCCCC/C=C\CCCCCCCCCCCCCCOCC(COP(=O)(O)OCC[N+](C)(C)C)OC(=O)CCCCCCCCCCC. The molecule has 2 atom stereocenters. The van der Waals surface area contributed by atoms with Crippen LogP contribution >= 0.6 is 7.82 Å². The summed E-state index contributed by atoms with van der Waals surface area (Å²) in [6, 6.07) is 0. The van der Waals surface area contributed by atoms with Crippen molar-refractivity contribution in [2.24, 2.45) is 0 Å². The Labute approximate surface area is 341 Å². The average Bonchev–Trinajstić information content (AvgIpc) is 3.13. The average molecular weight is 803 g/mol. The highest BCUT2D eigenvalue weighted by atomic mass is 31.2. The van der Waals surface area contributed by atoms with Crippen molar-refractivity contribution in [2.75, 3.05) is 54.1 Å². The van der Waals surface area contributed by atoms with Gasteiger partial charge in [-0.25, -0.2) is 4.57 Å². The molecule has 0 heterocycles. The number of phosphoric acid groups is 1. The number of hydrogen-bond acceptors (Lipinski definition) is 6. The number of unbranched alkanes of at least 4 members (excludes halogenated alkanes) is 28. The van der Waals surface area contributed by atoms with Gasteiger partial charge in [0.15, 0.2) is 0 Å². The molecule has 9 heteroatoms. The standard InChI is InChI=1S/C46H92NO7P/c1-6-8-10-12-14-16-17-18-19-20-21-22-23-24-25-26-27-28-29-30-32-34-36-38-41-51-43-45(44-53-55(49,50)52-42-40-47(3,4)5)54-46(48)39-37-35-33-31-15-13-11-9-7-2/h20-21,45H,6-19,22-44H2,1-5H3/p+1/b21-20-. The zero-order chi connectivity index (χ0) is 40.6. The third-order valence-corrected chi connectivity index (χ3v) is 11.3. The molecule has 0 spiro atoms. The topological polar surface area (TPSA) is 91.3 Å². The predicted molar refractivity (Wildman–Crippen MR) is 234 cm³/mol. The van der Waals surface area contributed by atoms with E-state index in [1.54, 1.807) is 0 Å². The molecule has 0 aromatic heterocycles. The lowest BCUT2D eigenvalue weighted by molar-refractivity contribution is -0.870. The fourth-order valence-corrected chi connectivity index (χ4v) is 7.41. The molecule has 0 aliphatic rings. The van der Waals surface area contributed by atoms with E-state index in [1.807, 2.05) is 21.1 Å². The number of carbonyl (C=O) groups excluding carboxylic acids is 1. The highest BCUT2D eigenvalue weighted by Gasteiger charge is 2.26. The number of likely N-dealkylation sites (N-methyl/N-ethyl adjacent to an activating group) is 1. The molecule has 0 aromatic carbocycles. The molecule has 0 aromatic rings. The van der Waals surface area contributed by atoms with Gasteiger partial charge < -0.3 is 18.9 Å². The van der Waals surface area contributed by atoms with Crippen molar-refractivity contribution in [1.29, 1.82) is 0 Å². The van der Waals surface area contributed by atoms with Crippen LogP contribution < -0.4 is 0 Å². The maximum Gasteiger partial charge on any atom is 0.472 e. The van der Waals surface area contributed by atoms with Gasteiger partial charge in [0.1, 0.15) is 19.3 Å². The monoisotopic (exact) mass is 803 g/mol. The van der Waals surface area contributed by atoms with Crippen molar-refractivity contribution >= 4 is 13.8 Å². The first-order valence-electron chi connectivity index (χ1n) is 23.4. The quantitative estimate of drug-likeness (QED) is 0.0216. The summed E-state index contributed by atoms with van der Waals surface area (Å²) < 4.78 is 35.0. The molecular weight excluding hydrogens is 709 g/mol. The Balaban J connectivity index is 4.00. The Morgan fingerprint density at radius 3 is 1.38 bits per heavy atom. The first-order valence-corrected chi connectivity index (χ1v) is 24.9. The minimum absolute atomic E-state index is 0.0918. The predicted octanol–water partition coefficient (Wildman–Crippen LogP) is 13.8. The Bertz CT molecular complexity index is 894. The van der Waals surface area contributed by atoms with Crippen molar-refractivity contribution in [3.05, 3.63) is 12.2 Å². The fourth-order valence-electron chi connectivity index (χ4n) is 6.67. The van der Waals surface area contributed by atoms with Gasteiger partial charge in [0.25, 0.3) is 0 Å². The first kappa shape index (κ1) is 54.2. The summed E-state index contributed by atoms with van der Waals surface area (Å²) in [6.07, 6.45) is 44.1. The van der Waals surface area contributed by atoms with Gasteiger partial charge >= 0.3 is 13.8 Å². The van der Waals surface area contributed by atoms with Crippen LogP contribution in [0.3, 0.4) is 0 Å². The molecule has 55 heavy (non-hydrogen) atoms. The molecule has 0 bridgehead atoms. The highest BCUT2D eigenvalue weighted by molar-refractivity contribution is 7.47. The second-order valence-electron chi connectivity index (χ2n) is 17.1. The van der Waals surface area contributed by atoms with Gasteiger partial charge in [-0.1, -0.05) is 187 Å². The second kappa shape index (κ2) is 40.0. The molecule has 0 saturated carbocycles. The maximum absolute atomic E-state index is 12.6. The van der Waals surface area contributed by atoms with Gasteiger partial charge in [-0.05, 0) is 38.5 Å². The number of ether oxygens (including phenoxy) is 2.